The molecule has 1 unspecified atom stereocenters. The van der Waals surface area contributed by atoms with Crippen molar-refractivity contribution in [1.29, 1.82) is 0 Å². The molecule has 5 nitrogen and oxygen atoms in total. The lowest BCUT2D eigenvalue weighted by molar-refractivity contribution is -0.163. The van der Waals surface area contributed by atoms with Crippen LogP contribution in [0.4, 0.5) is 19.1 Å². The van der Waals surface area contributed by atoms with Gasteiger partial charge in [-0.05, 0) is 32.3 Å². The van der Waals surface area contributed by atoms with Crippen LogP contribution in [0.1, 0.15) is 25.3 Å². The number of carbonyl (C=O) groups excluding carboxylic acids is 1. The molecular formula is C15H21F3N4O. The summed E-state index contributed by atoms with van der Waals surface area (Å²) in [6.45, 7) is 3.36. The minimum atomic E-state index is -4.37. The Labute approximate surface area is 133 Å². The maximum absolute atomic E-state index is 12.6. The number of nitrogens with zero attached hydrogens (tertiary/aromatic N) is 4. The van der Waals surface area contributed by atoms with Crippen molar-refractivity contribution in [3.05, 3.63) is 18.0 Å². The Balaban J connectivity index is 2.04. The van der Waals surface area contributed by atoms with Gasteiger partial charge in [0.25, 0.3) is 0 Å². The van der Waals surface area contributed by atoms with Gasteiger partial charge in [-0.15, -0.1) is 0 Å². The summed E-state index contributed by atoms with van der Waals surface area (Å²) in [5.41, 5.74) is 0.931. The van der Waals surface area contributed by atoms with Crippen molar-refractivity contribution < 1.29 is 18.0 Å². The van der Waals surface area contributed by atoms with E-state index in [4.69, 9.17) is 0 Å². The summed E-state index contributed by atoms with van der Waals surface area (Å²) in [6.07, 6.45) is 0.332. The fourth-order valence-corrected chi connectivity index (χ4v) is 2.73. The number of amides is 1. The van der Waals surface area contributed by atoms with E-state index in [1.165, 1.54) is 0 Å². The molecule has 0 N–H and O–H groups in total. The number of halogens is 3. The molecule has 1 saturated heterocycles. The van der Waals surface area contributed by atoms with Gasteiger partial charge >= 0.3 is 6.18 Å². The van der Waals surface area contributed by atoms with Gasteiger partial charge in [0.2, 0.25) is 11.9 Å². The molecular weight excluding hydrogens is 309 g/mol. The van der Waals surface area contributed by atoms with Crippen LogP contribution in [0.25, 0.3) is 0 Å². The normalized spacial score (nSPS) is 18.8. The topological polar surface area (TPSA) is 49.3 Å². The third-order valence-corrected chi connectivity index (χ3v) is 3.88. The molecule has 0 saturated carbocycles. The first-order chi connectivity index (χ1) is 10.8. The third-order valence-electron chi connectivity index (χ3n) is 3.88. The van der Waals surface area contributed by atoms with E-state index in [1.54, 1.807) is 19.3 Å². The van der Waals surface area contributed by atoms with Gasteiger partial charge in [0.05, 0.1) is 5.92 Å². The summed E-state index contributed by atoms with van der Waals surface area (Å²) in [4.78, 5) is 23.6. The lowest BCUT2D eigenvalue weighted by Gasteiger charge is -2.34. The number of rotatable bonds is 4. The smallest absolute Gasteiger partial charge is 0.340 e. The summed E-state index contributed by atoms with van der Waals surface area (Å²) >= 11 is 0. The standard InChI is InChI=1S/C15H21F3N4O/c1-3-21(10-15(16,17)18)13(23)12-5-4-6-22(9-12)14-19-7-11(2)8-20-14/h7-8,12H,3-6,9-10H2,1-2H3. The minimum Gasteiger partial charge on any atom is -0.340 e. The van der Waals surface area contributed by atoms with Crippen LogP contribution in [-0.4, -0.2) is 53.1 Å². The molecule has 2 rings (SSSR count). The molecule has 2 heterocycles. The number of aryl methyl sites for hydroxylation is 1. The molecule has 1 aromatic heterocycles. The SMILES string of the molecule is CCN(CC(F)(F)F)C(=O)C1CCCN(c2ncc(C)cn2)C1. The van der Waals surface area contributed by atoms with Gasteiger partial charge in [0.1, 0.15) is 6.54 Å². The van der Waals surface area contributed by atoms with Gasteiger partial charge in [-0.25, -0.2) is 9.97 Å². The molecule has 1 aliphatic heterocycles. The number of piperidine rings is 1. The van der Waals surface area contributed by atoms with Crippen LogP contribution in [0, 0.1) is 12.8 Å². The maximum Gasteiger partial charge on any atom is 0.406 e. The quantitative estimate of drug-likeness (QED) is 0.851. The zero-order chi connectivity index (χ0) is 17.0. The molecule has 1 aliphatic rings. The summed E-state index contributed by atoms with van der Waals surface area (Å²) in [7, 11) is 0. The largest absolute Gasteiger partial charge is 0.406 e. The predicted octanol–water partition coefficient (Wildman–Crippen LogP) is 2.41. The van der Waals surface area contributed by atoms with E-state index in [0.29, 0.717) is 25.5 Å². The maximum atomic E-state index is 12.6. The highest BCUT2D eigenvalue weighted by Crippen LogP contribution is 2.24. The van der Waals surface area contributed by atoms with Crippen molar-refractivity contribution in [2.45, 2.75) is 32.9 Å². The Bertz CT molecular complexity index is 533. The van der Waals surface area contributed by atoms with Crippen molar-refractivity contribution >= 4 is 11.9 Å². The number of hydrogen-bond acceptors (Lipinski definition) is 4. The lowest BCUT2D eigenvalue weighted by atomic mass is 9.96. The average Bonchev–Trinajstić information content (AvgIpc) is 2.52. The van der Waals surface area contributed by atoms with Gasteiger partial charge in [-0.3, -0.25) is 4.79 Å². The second kappa shape index (κ2) is 7.14. The highest BCUT2D eigenvalue weighted by atomic mass is 19.4. The number of hydrogen-bond donors (Lipinski definition) is 0. The van der Waals surface area contributed by atoms with Crippen LogP contribution in [0.3, 0.4) is 0 Å². The Hall–Kier alpha value is -1.86. The van der Waals surface area contributed by atoms with Crippen LogP contribution < -0.4 is 4.90 Å². The molecule has 128 valence electrons. The van der Waals surface area contributed by atoms with Crippen LogP contribution >= 0.6 is 0 Å². The van der Waals surface area contributed by atoms with Gasteiger partial charge in [-0.1, -0.05) is 0 Å². The van der Waals surface area contributed by atoms with Gasteiger partial charge in [-0.2, -0.15) is 13.2 Å². The summed E-state index contributed by atoms with van der Waals surface area (Å²) in [6, 6.07) is 0. The number of carbonyl (C=O) groups is 1. The first kappa shape index (κ1) is 17.5. The Kier molecular flexibility index (Phi) is 5.43. The number of anilines is 1. The van der Waals surface area contributed by atoms with E-state index in [0.717, 1.165) is 16.9 Å². The van der Waals surface area contributed by atoms with Crippen LogP contribution in [0.15, 0.2) is 12.4 Å². The second-order valence-electron chi connectivity index (χ2n) is 5.81. The molecule has 0 aliphatic carbocycles. The Morgan fingerprint density at radius 1 is 1.39 bits per heavy atom. The molecule has 0 bridgehead atoms. The van der Waals surface area contributed by atoms with Crippen molar-refractivity contribution in [2.75, 3.05) is 31.1 Å². The van der Waals surface area contributed by atoms with Crippen molar-refractivity contribution in [3.8, 4) is 0 Å². The molecule has 0 aromatic carbocycles. The Morgan fingerprint density at radius 3 is 2.61 bits per heavy atom. The van der Waals surface area contributed by atoms with Gasteiger partial charge < -0.3 is 9.80 Å². The summed E-state index contributed by atoms with van der Waals surface area (Å²) in [5, 5.41) is 0. The molecule has 1 amide bonds. The molecule has 0 radical (unpaired) electrons. The highest BCUT2D eigenvalue weighted by molar-refractivity contribution is 5.79. The first-order valence-electron chi connectivity index (χ1n) is 7.69. The Morgan fingerprint density at radius 2 is 2.04 bits per heavy atom. The zero-order valence-electron chi connectivity index (χ0n) is 13.3. The van der Waals surface area contributed by atoms with Crippen LogP contribution in [0.2, 0.25) is 0 Å². The molecule has 1 aromatic rings. The number of alkyl halides is 3. The van der Waals surface area contributed by atoms with Gasteiger partial charge in [0, 0.05) is 32.0 Å². The average molecular weight is 330 g/mol. The second-order valence-corrected chi connectivity index (χ2v) is 5.81. The summed E-state index contributed by atoms with van der Waals surface area (Å²) < 4.78 is 37.7. The van der Waals surface area contributed by atoms with E-state index in [-0.39, 0.29) is 6.54 Å². The lowest BCUT2D eigenvalue weighted by Crippen LogP contribution is -2.47. The first-order valence-corrected chi connectivity index (χ1v) is 7.69. The van der Waals surface area contributed by atoms with E-state index >= 15 is 0 Å². The molecule has 23 heavy (non-hydrogen) atoms. The van der Waals surface area contributed by atoms with Crippen molar-refractivity contribution in [2.24, 2.45) is 5.92 Å². The van der Waals surface area contributed by atoms with Crippen LogP contribution in [0.5, 0.6) is 0 Å². The van der Waals surface area contributed by atoms with E-state index in [9.17, 15) is 18.0 Å². The molecule has 8 heteroatoms. The zero-order valence-corrected chi connectivity index (χ0v) is 13.3. The van der Waals surface area contributed by atoms with Crippen molar-refractivity contribution in [3.63, 3.8) is 0 Å². The van der Waals surface area contributed by atoms with E-state index in [2.05, 4.69) is 9.97 Å². The van der Waals surface area contributed by atoms with Gasteiger partial charge in [0.15, 0.2) is 0 Å². The third kappa shape index (κ3) is 4.80. The van der Waals surface area contributed by atoms with E-state index < -0.39 is 24.5 Å². The highest BCUT2D eigenvalue weighted by Gasteiger charge is 2.36. The summed E-state index contributed by atoms with van der Waals surface area (Å²) in [5.74, 6) is -0.371. The molecule has 1 atom stereocenters. The predicted molar refractivity (Wildman–Crippen MR) is 80.0 cm³/mol. The van der Waals surface area contributed by atoms with E-state index in [1.807, 2.05) is 11.8 Å². The fourth-order valence-electron chi connectivity index (χ4n) is 2.73. The molecule has 1 fully saturated rings. The minimum absolute atomic E-state index is 0.0515. The molecule has 0 spiro atoms. The van der Waals surface area contributed by atoms with Crippen LogP contribution in [-0.2, 0) is 4.79 Å². The fraction of sp³-hybridized carbons (Fsp3) is 0.667. The number of aromatic nitrogens is 2. The van der Waals surface area contributed by atoms with Crippen molar-refractivity contribution in [1.82, 2.24) is 14.9 Å². The monoisotopic (exact) mass is 330 g/mol.